The first-order valence-electron chi connectivity index (χ1n) is 7.00. The standard InChI is InChI=1S/C14H26N4S/c1-5-12(4)18-9-6-13(16-18)10-17(11(2)3)8-7-14(15)19/h6,9,11-12H,5,7-8,10H2,1-4H3,(H2,15,19). The summed E-state index contributed by atoms with van der Waals surface area (Å²) in [6.07, 6.45) is 3.92. The molecule has 0 aliphatic carbocycles. The van der Waals surface area contributed by atoms with Crippen LogP contribution in [0.3, 0.4) is 0 Å². The fourth-order valence-electron chi connectivity index (χ4n) is 1.88. The van der Waals surface area contributed by atoms with Crippen LogP contribution in [0.15, 0.2) is 12.3 Å². The minimum absolute atomic E-state index is 0.456. The van der Waals surface area contributed by atoms with Gasteiger partial charge in [0.2, 0.25) is 0 Å². The second kappa shape index (κ2) is 7.60. The van der Waals surface area contributed by atoms with E-state index >= 15 is 0 Å². The van der Waals surface area contributed by atoms with Gasteiger partial charge in [-0.15, -0.1) is 0 Å². The maximum atomic E-state index is 5.58. The zero-order valence-corrected chi connectivity index (χ0v) is 13.3. The number of hydrogen-bond acceptors (Lipinski definition) is 3. The second-order valence-electron chi connectivity index (χ2n) is 5.32. The monoisotopic (exact) mass is 282 g/mol. The smallest absolute Gasteiger partial charge is 0.0764 e. The first-order chi connectivity index (χ1) is 8.93. The Bertz CT molecular complexity index is 400. The molecule has 1 heterocycles. The van der Waals surface area contributed by atoms with Crippen molar-refractivity contribution < 1.29 is 0 Å². The van der Waals surface area contributed by atoms with Crippen molar-refractivity contribution in [3.05, 3.63) is 18.0 Å². The van der Waals surface area contributed by atoms with Crippen LogP contribution in [-0.2, 0) is 6.54 Å². The summed E-state index contributed by atoms with van der Waals surface area (Å²) in [5.74, 6) is 0. The zero-order chi connectivity index (χ0) is 14.4. The van der Waals surface area contributed by atoms with Gasteiger partial charge >= 0.3 is 0 Å². The molecule has 2 N–H and O–H groups in total. The molecule has 0 fully saturated rings. The molecule has 0 aliphatic heterocycles. The van der Waals surface area contributed by atoms with E-state index in [1.807, 2.05) is 4.68 Å². The van der Waals surface area contributed by atoms with Crippen LogP contribution in [0, 0.1) is 0 Å². The molecule has 1 unspecified atom stereocenters. The fraction of sp³-hybridized carbons (Fsp3) is 0.714. The van der Waals surface area contributed by atoms with Crippen molar-refractivity contribution in [3.8, 4) is 0 Å². The molecular formula is C14H26N4S. The van der Waals surface area contributed by atoms with Crippen LogP contribution in [0.1, 0.15) is 52.3 Å². The Morgan fingerprint density at radius 3 is 2.68 bits per heavy atom. The Morgan fingerprint density at radius 2 is 2.16 bits per heavy atom. The minimum Gasteiger partial charge on any atom is -0.393 e. The SMILES string of the molecule is CCC(C)n1ccc(CN(CCC(N)=S)C(C)C)n1. The van der Waals surface area contributed by atoms with Crippen LogP contribution in [0.25, 0.3) is 0 Å². The third kappa shape index (κ3) is 5.28. The van der Waals surface area contributed by atoms with E-state index in [4.69, 9.17) is 18.0 Å². The fourth-order valence-corrected chi connectivity index (χ4v) is 1.97. The quantitative estimate of drug-likeness (QED) is 0.745. The van der Waals surface area contributed by atoms with Crippen molar-refractivity contribution in [1.82, 2.24) is 14.7 Å². The van der Waals surface area contributed by atoms with Crippen molar-refractivity contribution in [3.63, 3.8) is 0 Å². The van der Waals surface area contributed by atoms with Crippen LogP contribution in [-0.4, -0.2) is 32.3 Å². The zero-order valence-electron chi connectivity index (χ0n) is 12.5. The molecule has 0 saturated carbocycles. The average molecular weight is 282 g/mol. The number of nitrogens with zero attached hydrogens (tertiary/aromatic N) is 3. The summed E-state index contributed by atoms with van der Waals surface area (Å²) >= 11 is 4.95. The van der Waals surface area contributed by atoms with E-state index in [-0.39, 0.29) is 0 Å². The average Bonchev–Trinajstić information content (AvgIpc) is 2.81. The first kappa shape index (κ1) is 16.1. The van der Waals surface area contributed by atoms with Gasteiger partial charge in [0.1, 0.15) is 0 Å². The van der Waals surface area contributed by atoms with Crippen LogP contribution in [0.5, 0.6) is 0 Å². The lowest BCUT2D eigenvalue weighted by Crippen LogP contribution is -2.33. The van der Waals surface area contributed by atoms with Gasteiger partial charge in [-0.25, -0.2) is 0 Å². The van der Waals surface area contributed by atoms with Crippen molar-refractivity contribution in [2.24, 2.45) is 5.73 Å². The number of nitrogens with two attached hydrogens (primary N) is 1. The van der Waals surface area contributed by atoms with Crippen molar-refractivity contribution in [2.45, 2.75) is 59.2 Å². The number of thiocarbonyl (C=S) groups is 1. The number of hydrogen-bond donors (Lipinski definition) is 1. The molecule has 0 radical (unpaired) electrons. The van der Waals surface area contributed by atoms with Gasteiger partial charge in [0, 0.05) is 37.8 Å². The van der Waals surface area contributed by atoms with E-state index in [9.17, 15) is 0 Å². The van der Waals surface area contributed by atoms with E-state index in [0.717, 1.165) is 31.6 Å². The van der Waals surface area contributed by atoms with E-state index in [0.29, 0.717) is 17.1 Å². The summed E-state index contributed by atoms with van der Waals surface area (Å²) in [5, 5.41) is 4.64. The van der Waals surface area contributed by atoms with Crippen LogP contribution >= 0.6 is 12.2 Å². The molecule has 0 saturated heterocycles. The van der Waals surface area contributed by atoms with Crippen LogP contribution < -0.4 is 5.73 Å². The summed E-state index contributed by atoms with van der Waals surface area (Å²) in [4.78, 5) is 2.93. The Morgan fingerprint density at radius 1 is 1.47 bits per heavy atom. The van der Waals surface area contributed by atoms with Gasteiger partial charge < -0.3 is 5.73 Å². The maximum absolute atomic E-state index is 5.58. The molecule has 4 nitrogen and oxygen atoms in total. The first-order valence-corrected chi connectivity index (χ1v) is 7.41. The summed E-state index contributed by atoms with van der Waals surface area (Å²) in [5.41, 5.74) is 6.69. The minimum atomic E-state index is 0.456. The summed E-state index contributed by atoms with van der Waals surface area (Å²) in [6.45, 7) is 10.5. The molecular weight excluding hydrogens is 256 g/mol. The lowest BCUT2D eigenvalue weighted by atomic mass is 10.2. The Kier molecular flexibility index (Phi) is 6.45. The topological polar surface area (TPSA) is 47.1 Å². The third-order valence-electron chi connectivity index (χ3n) is 3.45. The Labute approximate surface area is 122 Å². The molecule has 0 aromatic carbocycles. The van der Waals surface area contributed by atoms with Crippen LogP contribution in [0.2, 0.25) is 0 Å². The van der Waals surface area contributed by atoms with E-state index in [2.05, 4.69) is 50.0 Å². The molecule has 5 heteroatoms. The van der Waals surface area contributed by atoms with E-state index in [1.54, 1.807) is 0 Å². The molecule has 19 heavy (non-hydrogen) atoms. The largest absolute Gasteiger partial charge is 0.393 e. The number of aromatic nitrogens is 2. The third-order valence-corrected chi connectivity index (χ3v) is 3.65. The van der Waals surface area contributed by atoms with E-state index in [1.165, 1.54) is 0 Å². The van der Waals surface area contributed by atoms with Gasteiger partial charge in [-0.05, 0) is 33.3 Å². The molecule has 0 amide bonds. The number of rotatable bonds is 8. The summed E-state index contributed by atoms with van der Waals surface area (Å²) in [7, 11) is 0. The lowest BCUT2D eigenvalue weighted by molar-refractivity contribution is 0.215. The lowest BCUT2D eigenvalue weighted by Gasteiger charge is -2.25. The van der Waals surface area contributed by atoms with Gasteiger partial charge in [0.15, 0.2) is 0 Å². The summed E-state index contributed by atoms with van der Waals surface area (Å²) < 4.78 is 2.04. The molecule has 1 aromatic heterocycles. The van der Waals surface area contributed by atoms with Crippen molar-refractivity contribution in [2.75, 3.05) is 6.54 Å². The molecule has 108 valence electrons. The van der Waals surface area contributed by atoms with Crippen LogP contribution in [0.4, 0.5) is 0 Å². The normalized spacial score (nSPS) is 13.2. The Balaban J connectivity index is 2.63. The highest BCUT2D eigenvalue weighted by Gasteiger charge is 2.13. The predicted molar refractivity (Wildman–Crippen MR) is 84.2 cm³/mol. The van der Waals surface area contributed by atoms with Gasteiger partial charge in [-0.1, -0.05) is 19.1 Å². The Hall–Kier alpha value is -0.940. The highest BCUT2D eigenvalue weighted by molar-refractivity contribution is 7.80. The van der Waals surface area contributed by atoms with Gasteiger partial charge in [-0.2, -0.15) is 5.10 Å². The molecule has 0 bridgehead atoms. The van der Waals surface area contributed by atoms with Crippen molar-refractivity contribution >= 4 is 17.2 Å². The molecule has 1 atom stereocenters. The highest BCUT2D eigenvalue weighted by Crippen LogP contribution is 2.12. The highest BCUT2D eigenvalue weighted by atomic mass is 32.1. The molecule has 0 aliphatic rings. The van der Waals surface area contributed by atoms with Gasteiger partial charge in [-0.3, -0.25) is 9.58 Å². The van der Waals surface area contributed by atoms with E-state index < -0.39 is 0 Å². The molecule has 0 spiro atoms. The van der Waals surface area contributed by atoms with Gasteiger partial charge in [0.05, 0.1) is 10.7 Å². The van der Waals surface area contributed by atoms with Gasteiger partial charge in [0.25, 0.3) is 0 Å². The second-order valence-corrected chi connectivity index (χ2v) is 5.85. The summed E-state index contributed by atoms with van der Waals surface area (Å²) in [6, 6.07) is 3.02. The molecule has 1 rings (SSSR count). The maximum Gasteiger partial charge on any atom is 0.0764 e. The molecule has 1 aromatic rings. The predicted octanol–water partition coefficient (Wildman–Crippen LogP) is 2.74. The van der Waals surface area contributed by atoms with Crippen molar-refractivity contribution in [1.29, 1.82) is 0 Å².